The highest BCUT2D eigenvalue weighted by atomic mass is 35.5. The molecule has 1 heterocycles. The lowest BCUT2D eigenvalue weighted by Crippen LogP contribution is -2.48. The van der Waals surface area contributed by atoms with Crippen LogP contribution in [0.2, 0.25) is 0 Å². The van der Waals surface area contributed by atoms with Gasteiger partial charge in [0.15, 0.2) is 0 Å². The average molecular weight is 387 g/mol. The number of nitrogens with zero attached hydrogens (tertiary/aromatic N) is 2. The molecule has 1 saturated heterocycles. The zero-order chi connectivity index (χ0) is 17.8. The molecule has 0 spiro atoms. The Hall–Kier alpha value is -1.55. The predicted molar refractivity (Wildman–Crippen MR) is 115 cm³/mol. The zero-order valence-corrected chi connectivity index (χ0v) is 16.8. The van der Waals surface area contributed by atoms with Crippen LogP contribution >= 0.6 is 12.4 Å². The molecule has 2 atom stereocenters. The maximum absolute atomic E-state index is 9.47. The first-order valence-corrected chi connectivity index (χ1v) is 10.1. The molecule has 146 valence electrons. The van der Waals surface area contributed by atoms with Crippen LogP contribution in [-0.2, 0) is 6.42 Å². The van der Waals surface area contributed by atoms with Crippen molar-refractivity contribution in [3.05, 3.63) is 65.7 Å². The van der Waals surface area contributed by atoms with E-state index < -0.39 is 0 Å². The second-order valence-corrected chi connectivity index (χ2v) is 7.65. The van der Waals surface area contributed by atoms with Crippen LogP contribution in [0, 0.1) is 0 Å². The SMILES string of the molecule is Cl.OCCN1CCCCC1CN(c1ccccc1)C1CCc2ccccc21. The van der Waals surface area contributed by atoms with Crippen LogP contribution in [-0.4, -0.2) is 42.3 Å². The number of benzene rings is 2. The summed E-state index contributed by atoms with van der Waals surface area (Å²) in [5, 5.41) is 9.47. The van der Waals surface area contributed by atoms with Crippen LogP contribution < -0.4 is 4.90 Å². The van der Waals surface area contributed by atoms with E-state index in [1.165, 1.54) is 48.9 Å². The van der Waals surface area contributed by atoms with Gasteiger partial charge in [0.1, 0.15) is 0 Å². The van der Waals surface area contributed by atoms with Gasteiger partial charge >= 0.3 is 0 Å². The summed E-state index contributed by atoms with van der Waals surface area (Å²) >= 11 is 0. The minimum atomic E-state index is 0. The van der Waals surface area contributed by atoms with Gasteiger partial charge in [-0.15, -0.1) is 12.4 Å². The molecule has 4 heteroatoms. The Bertz CT molecular complexity index is 707. The van der Waals surface area contributed by atoms with Crippen molar-refractivity contribution in [1.29, 1.82) is 0 Å². The smallest absolute Gasteiger partial charge is 0.0558 e. The van der Waals surface area contributed by atoms with Gasteiger partial charge in [-0.2, -0.15) is 0 Å². The predicted octanol–water partition coefficient (Wildman–Crippen LogP) is 4.45. The number of β-amino-alcohol motifs (C(OH)–C–C–N with tert-alkyl or cyclic N) is 1. The van der Waals surface area contributed by atoms with Gasteiger partial charge < -0.3 is 10.0 Å². The molecule has 1 fully saturated rings. The van der Waals surface area contributed by atoms with E-state index in [0.29, 0.717) is 12.1 Å². The van der Waals surface area contributed by atoms with Gasteiger partial charge in [0.2, 0.25) is 0 Å². The van der Waals surface area contributed by atoms with Crippen LogP contribution in [0.5, 0.6) is 0 Å². The van der Waals surface area contributed by atoms with E-state index in [9.17, 15) is 5.11 Å². The molecule has 0 bridgehead atoms. The molecule has 4 rings (SSSR count). The third kappa shape index (κ3) is 4.48. The lowest BCUT2D eigenvalue weighted by molar-refractivity contribution is 0.118. The maximum atomic E-state index is 9.47. The minimum absolute atomic E-state index is 0. The number of aryl methyl sites for hydroxylation is 1. The summed E-state index contributed by atoms with van der Waals surface area (Å²) in [6, 6.07) is 20.8. The fraction of sp³-hybridized carbons (Fsp3) is 0.478. The molecule has 27 heavy (non-hydrogen) atoms. The normalized spacial score (nSPS) is 22.1. The lowest BCUT2D eigenvalue weighted by atomic mass is 9.99. The molecule has 1 aliphatic carbocycles. The number of fused-ring (bicyclic) bond motifs is 1. The van der Waals surface area contributed by atoms with Crippen LogP contribution in [0.3, 0.4) is 0 Å². The molecule has 0 aromatic heterocycles. The summed E-state index contributed by atoms with van der Waals surface area (Å²) in [7, 11) is 0. The number of piperidine rings is 1. The summed E-state index contributed by atoms with van der Waals surface area (Å²) in [4.78, 5) is 5.13. The number of likely N-dealkylation sites (tertiary alicyclic amines) is 1. The molecule has 0 amide bonds. The second kappa shape index (κ2) is 9.59. The second-order valence-electron chi connectivity index (χ2n) is 7.65. The molecular formula is C23H31ClN2O. The molecule has 1 N–H and O–H groups in total. The first kappa shape index (κ1) is 20.2. The lowest BCUT2D eigenvalue weighted by Gasteiger charge is -2.41. The quantitative estimate of drug-likeness (QED) is 0.794. The van der Waals surface area contributed by atoms with Gasteiger partial charge in [-0.1, -0.05) is 48.9 Å². The molecular weight excluding hydrogens is 356 g/mol. The zero-order valence-electron chi connectivity index (χ0n) is 16.0. The van der Waals surface area contributed by atoms with Gasteiger partial charge in [-0.3, -0.25) is 4.90 Å². The van der Waals surface area contributed by atoms with E-state index in [2.05, 4.69) is 64.4 Å². The molecule has 3 nitrogen and oxygen atoms in total. The molecule has 2 aliphatic rings. The number of halogens is 1. The third-order valence-corrected chi connectivity index (χ3v) is 6.11. The van der Waals surface area contributed by atoms with Crippen molar-refractivity contribution in [3.8, 4) is 0 Å². The highest BCUT2D eigenvalue weighted by Gasteiger charge is 2.31. The van der Waals surface area contributed by atoms with Crippen LogP contribution in [0.15, 0.2) is 54.6 Å². The molecule has 2 aromatic rings. The van der Waals surface area contributed by atoms with Gasteiger partial charge in [-0.25, -0.2) is 0 Å². The monoisotopic (exact) mass is 386 g/mol. The Morgan fingerprint density at radius 3 is 2.56 bits per heavy atom. The van der Waals surface area contributed by atoms with Crippen molar-refractivity contribution >= 4 is 18.1 Å². The van der Waals surface area contributed by atoms with Crippen LogP contribution in [0.4, 0.5) is 5.69 Å². The van der Waals surface area contributed by atoms with E-state index in [-0.39, 0.29) is 19.0 Å². The molecule has 0 saturated carbocycles. The molecule has 1 aliphatic heterocycles. The van der Waals surface area contributed by atoms with Crippen LogP contribution in [0.25, 0.3) is 0 Å². The number of rotatable bonds is 6. The largest absolute Gasteiger partial charge is 0.395 e. The first-order valence-electron chi connectivity index (χ1n) is 10.1. The average Bonchev–Trinajstić information content (AvgIpc) is 3.12. The van der Waals surface area contributed by atoms with Gasteiger partial charge in [-0.05, 0) is 55.5 Å². The summed E-state index contributed by atoms with van der Waals surface area (Å²) in [5.41, 5.74) is 4.33. The van der Waals surface area contributed by atoms with Crippen molar-refractivity contribution in [2.75, 3.05) is 31.1 Å². The van der Waals surface area contributed by atoms with Gasteiger partial charge in [0, 0.05) is 24.8 Å². The Morgan fingerprint density at radius 1 is 0.963 bits per heavy atom. The minimum Gasteiger partial charge on any atom is -0.395 e. The van der Waals surface area contributed by atoms with Gasteiger partial charge in [0.05, 0.1) is 12.6 Å². The fourth-order valence-electron chi connectivity index (χ4n) is 4.81. The molecule has 0 radical (unpaired) electrons. The number of aliphatic hydroxyl groups excluding tert-OH is 1. The van der Waals surface area contributed by atoms with Crippen molar-refractivity contribution in [1.82, 2.24) is 4.90 Å². The van der Waals surface area contributed by atoms with Crippen molar-refractivity contribution in [2.45, 2.75) is 44.2 Å². The van der Waals surface area contributed by atoms with Crippen molar-refractivity contribution in [3.63, 3.8) is 0 Å². The number of para-hydroxylation sites is 1. The molecule has 2 unspecified atom stereocenters. The van der Waals surface area contributed by atoms with E-state index >= 15 is 0 Å². The number of aliphatic hydroxyl groups is 1. The van der Waals surface area contributed by atoms with Crippen molar-refractivity contribution < 1.29 is 5.11 Å². The summed E-state index contributed by atoms with van der Waals surface area (Å²) in [6.45, 7) is 3.22. The fourth-order valence-corrected chi connectivity index (χ4v) is 4.81. The Labute approximate surface area is 169 Å². The van der Waals surface area contributed by atoms with Crippen molar-refractivity contribution in [2.24, 2.45) is 0 Å². The summed E-state index contributed by atoms with van der Waals surface area (Å²) < 4.78 is 0. The summed E-state index contributed by atoms with van der Waals surface area (Å²) in [6.07, 6.45) is 6.17. The number of anilines is 1. The third-order valence-electron chi connectivity index (χ3n) is 6.11. The van der Waals surface area contributed by atoms with E-state index in [1.54, 1.807) is 0 Å². The van der Waals surface area contributed by atoms with Crippen LogP contribution in [0.1, 0.15) is 42.9 Å². The highest BCUT2D eigenvalue weighted by Crippen LogP contribution is 2.39. The van der Waals surface area contributed by atoms with E-state index in [4.69, 9.17) is 0 Å². The summed E-state index contributed by atoms with van der Waals surface area (Å²) in [5.74, 6) is 0. The number of hydrogen-bond acceptors (Lipinski definition) is 3. The Kier molecular flexibility index (Phi) is 7.17. The van der Waals surface area contributed by atoms with E-state index in [1.807, 2.05) is 0 Å². The number of hydrogen-bond donors (Lipinski definition) is 1. The van der Waals surface area contributed by atoms with Gasteiger partial charge in [0.25, 0.3) is 0 Å². The topological polar surface area (TPSA) is 26.7 Å². The first-order chi connectivity index (χ1) is 12.9. The van der Waals surface area contributed by atoms with E-state index in [0.717, 1.165) is 19.6 Å². The Morgan fingerprint density at radius 2 is 1.74 bits per heavy atom. The highest BCUT2D eigenvalue weighted by molar-refractivity contribution is 5.85. The molecule has 2 aromatic carbocycles. The Balaban J connectivity index is 0.00000210. The maximum Gasteiger partial charge on any atom is 0.0558 e. The standard InChI is InChI=1S/C23H30N2O.ClH/c26-17-16-24-15-7-6-11-21(24)18-25(20-9-2-1-3-10-20)23-14-13-19-8-4-5-12-22(19)23;/h1-5,8-10,12,21,23,26H,6-7,11,13-18H2;1H.